The molecule has 2 aromatic rings. The predicted octanol–water partition coefficient (Wildman–Crippen LogP) is 0.970. The lowest BCUT2D eigenvalue weighted by Gasteiger charge is -2.06. The summed E-state index contributed by atoms with van der Waals surface area (Å²) < 4.78 is 26.1. The Morgan fingerprint density at radius 1 is 1.20 bits per heavy atom. The number of hydrogen-bond donors (Lipinski definition) is 3. The first-order valence-corrected chi connectivity index (χ1v) is 5.62. The van der Waals surface area contributed by atoms with E-state index in [0.717, 1.165) is 12.1 Å². The number of nitrogens with zero attached hydrogens (tertiary/aromatic N) is 2. The van der Waals surface area contributed by atoms with Gasteiger partial charge in [0.15, 0.2) is 11.5 Å². The highest BCUT2D eigenvalue weighted by Crippen LogP contribution is 2.09. The van der Waals surface area contributed by atoms with Gasteiger partial charge in [0.2, 0.25) is 0 Å². The molecule has 0 aliphatic rings. The maximum Gasteiger partial charge on any atom is 0.272 e. The van der Waals surface area contributed by atoms with Gasteiger partial charge in [0.1, 0.15) is 11.6 Å². The number of rotatable bonds is 4. The first-order chi connectivity index (χ1) is 9.60. The lowest BCUT2D eigenvalue weighted by Crippen LogP contribution is -2.25. The van der Waals surface area contributed by atoms with Crippen LogP contribution in [0, 0.1) is 11.6 Å². The van der Waals surface area contributed by atoms with Crippen LogP contribution in [-0.4, -0.2) is 16.1 Å². The van der Waals surface area contributed by atoms with Gasteiger partial charge in [-0.05, 0) is 18.2 Å². The number of hydrogen-bond acceptors (Lipinski definition) is 5. The van der Waals surface area contributed by atoms with Crippen LogP contribution < -0.4 is 16.6 Å². The lowest BCUT2D eigenvalue weighted by atomic mass is 10.2. The van der Waals surface area contributed by atoms with Crippen molar-refractivity contribution in [2.75, 3.05) is 5.43 Å². The van der Waals surface area contributed by atoms with Crippen LogP contribution >= 0.6 is 0 Å². The SMILES string of the molecule is NNc1ccc(C(=O)NCc2ccc(F)cc2F)nn1. The summed E-state index contributed by atoms with van der Waals surface area (Å²) >= 11 is 0. The number of carbonyl (C=O) groups is 1. The summed E-state index contributed by atoms with van der Waals surface area (Å²) in [4.78, 5) is 11.7. The van der Waals surface area contributed by atoms with E-state index < -0.39 is 17.5 Å². The minimum Gasteiger partial charge on any atom is -0.346 e. The molecule has 0 fully saturated rings. The van der Waals surface area contributed by atoms with Crippen LogP contribution in [0.5, 0.6) is 0 Å². The van der Waals surface area contributed by atoms with Crippen LogP contribution in [0.4, 0.5) is 14.6 Å². The molecule has 2 rings (SSSR count). The van der Waals surface area contributed by atoms with E-state index in [1.165, 1.54) is 18.2 Å². The van der Waals surface area contributed by atoms with Gasteiger partial charge in [-0.2, -0.15) is 0 Å². The van der Waals surface area contributed by atoms with Crippen LogP contribution in [-0.2, 0) is 6.54 Å². The van der Waals surface area contributed by atoms with E-state index in [1.54, 1.807) is 0 Å². The van der Waals surface area contributed by atoms with Gasteiger partial charge < -0.3 is 10.7 Å². The number of hydrazine groups is 1. The van der Waals surface area contributed by atoms with E-state index in [1.807, 2.05) is 0 Å². The van der Waals surface area contributed by atoms with Crippen molar-refractivity contribution in [3.63, 3.8) is 0 Å². The Labute approximate surface area is 113 Å². The van der Waals surface area contributed by atoms with E-state index in [2.05, 4.69) is 20.9 Å². The van der Waals surface area contributed by atoms with Crippen molar-refractivity contribution in [1.82, 2.24) is 15.5 Å². The minimum atomic E-state index is -0.723. The quantitative estimate of drug-likeness (QED) is 0.573. The molecule has 1 aromatic carbocycles. The average molecular weight is 279 g/mol. The van der Waals surface area contributed by atoms with E-state index in [0.29, 0.717) is 5.82 Å². The molecule has 8 heteroatoms. The maximum atomic E-state index is 13.4. The Morgan fingerprint density at radius 2 is 2.00 bits per heavy atom. The van der Waals surface area contributed by atoms with E-state index in [9.17, 15) is 13.6 Å². The predicted molar refractivity (Wildman–Crippen MR) is 67.4 cm³/mol. The number of nitrogens with one attached hydrogen (secondary N) is 2. The summed E-state index contributed by atoms with van der Waals surface area (Å²) in [5, 5.41) is 9.73. The Morgan fingerprint density at radius 3 is 2.60 bits per heavy atom. The molecule has 0 aliphatic carbocycles. The Bertz CT molecular complexity index is 618. The molecule has 4 N–H and O–H groups in total. The van der Waals surface area contributed by atoms with Gasteiger partial charge in [0, 0.05) is 18.2 Å². The van der Waals surface area contributed by atoms with Crippen LogP contribution in [0.15, 0.2) is 30.3 Å². The zero-order valence-electron chi connectivity index (χ0n) is 10.2. The van der Waals surface area contributed by atoms with Gasteiger partial charge >= 0.3 is 0 Å². The topological polar surface area (TPSA) is 92.9 Å². The molecule has 104 valence electrons. The van der Waals surface area contributed by atoms with Crippen molar-refractivity contribution in [2.45, 2.75) is 6.54 Å². The standard InChI is InChI=1S/C12H11F2N5O/c13-8-2-1-7(9(14)5-8)6-16-12(20)10-3-4-11(17-15)19-18-10/h1-5H,6,15H2,(H,16,20)(H,17,19). The number of aromatic nitrogens is 2. The molecule has 0 bridgehead atoms. The molecule has 0 aliphatic heterocycles. The molecule has 0 unspecified atom stereocenters. The molecule has 0 saturated heterocycles. The van der Waals surface area contributed by atoms with E-state index in [-0.39, 0.29) is 17.8 Å². The summed E-state index contributed by atoms with van der Waals surface area (Å²) in [6.07, 6.45) is 0. The largest absolute Gasteiger partial charge is 0.346 e. The second-order valence-electron chi connectivity index (χ2n) is 3.87. The molecule has 0 saturated carbocycles. The van der Waals surface area contributed by atoms with Crippen LogP contribution in [0.25, 0.3) is 0 Å². The van der Waals surface area contributed by atoms with E-state index >= 15 is 0 Å². The monoisotopic (exact) mass is 279 g/mol. The highest BCUT2D eigenvalue weighted by atomic mass is 19.1. The first kappa shape index (κ1) is 13.8. The molecule has 6 nitrogen and oxygen atoms in total. The average Bonchev–Trinajstić information content (AvgIpc) is 2.46. The van der Waals surface area contributed by atoms with Gasteiger partial charge in [-0.1, -0.05) is 6.07 Å². The van der Waals surface area contributed by atoms with E-state index in [4.69, 9.17) is 5.84 Å². The molecular weight excluding hydrogens is 268 g/mol. The summed E-state index contributed by atoms with van der Waals surface area (Å²) in [5.74, 6) is 3.51. The summed E-state index contributed by atoms with van der Waals surface area (Å²) in [6, 6.07) is 6.02. The fraction of sp³-hybridized carbons (Fsp3) is 0.0833. The smallest absolute Gasteiger partial charge is 0.272 e. The molecule has 0 spiro atoms. The highest BCUT2D eigenvalue weighted by molar-refractivity contribution is 5.92. The number of amides is 1. The number of anilines is 1. The van der Waals surface area contributed by atoms with Gasteiger partial charge in [0.25, 0.3) is 5.91 Å². The van der Waals surface area contributed by atoms with Crippen molar-refractivity contribution in [1.29, 1.82) is 0 Å². The number of benzene rings is 1. The third-order valence-corrected chi connectivity index (χ3v) is 2.50. The van der Waals surface area contributed by atoms with Crippen LogP contribution in [0.3, 0.4) is 0 Å². The first-order valence-electron chi connectivity index (χ1n) is 5.62. The Kier molecular flexibility index (Phi) is 4.16. The van der Waals surface area contributed by atoms with Crippen LogP contribution in [0.2, 0.25) is 0 Å². The van der Waals surface area contributed by atoms with Crippen molar-refractivity contribution in [3.05, 3.63) is 53.2 Å². The van der Waals surface area contributed by atoms with Gasteiger partial charge in [-0.15, -0.1) is 10.2 Å². The lowest BCUT2D eigenvalue weighted by molar-refractivity contribution is 0.0944. The molecule has 1 amide bonds. The molecule has 1 aromatic heterocycles. The van der Waals surface area contributed by atoms with Crippen molar-refractivity contribution in [3.8, 4) is 0 Å². The third kappa shape index (κ3) is 3.23. The van der Waals surface area contributed by atoms with Crippen LogP contribution in [0.1, 0.15) is 16.1 Å². The van der Waals surface area contributed by atoms with Crippen molar-refractivity contribution < 1.29 is 13.6 Å². The Balaban J connectivity index is 2.00. The fourth-order valence-corrected chi connectivity index (χ4v) is 1.46. The zero-order chi connectivity index (χ0) is 14.5. The highest BCUT2D eigenvalue weighted by Gasteiger charge is 2.10. The van der Waals surface area contributed by atoms with Crippen molar-refractivity contribution in [2.24, 2.45) is 5.84 Å². The summed E-state index contributed by atoms with van der Waals surface area (Å²) in [5.41, 5.74) is 2.51. The minimum absolute atomic E-state index is 0.0616. The molecule has 0 radical (unpaired) electrons. The summed E-state index contributed by atoms with van der Waals surface area (Å²) in [7, 11) is 0. The van der Waals surface area contributed by atoms with Gasteiger partial charge in [-0.25, -0.2) is 14.6 Å². The number of nitrogen functional groups attached to an aromatic ring is 1. The third-order valence-electron chi connectivity index (χ3n) is 2.50. The second kappa shape index (κ2) is 6.02. The number of nitrogens with two attached hydrogens (primary N) is 1. The molecular formula is C12H11F2N5O. The van der Waals surface area contributed by atoms with Gasteiger partial charge in [0.05, 0.1) is 0 Å². The molecule has 20 heavy (non-hydrogen) atoms. The Hall–Kier alpha value is -2.61. The number of carbonyl (C=O) groups excluding carboxylic acids is 1. The zero-order valence-corrected chi connectivity index (χ0v) is 10.2. The maximum absolute atomic E-state index is 13.4. The molecule has 0 atom stereocenters. The number of halogens is 2. The normalized spacial score (nSPS) is 10.2. The van der Waals surface area contributed by atoms with Crippen molar-refractivity contribution >= 4 is 11.7 Å². The van der Waals surface area contributed by atoms with Gasteiger partial charge in [-0.3, -0.25) is 4.79 Å². The summed E-state index contributed by atoms with van der Waals surface area (Å²) in [6.45, 7) is -0.0798. The molecule has 1 heterocycles. The fourth-order valence-electron chi connectivity index (χ4n) is 1.46. The second-order valence-corrected chi connectivity index (χ2v) is 3.87.